The Labute approximate surface area is 219 Å². The Hall–Kier alpha value is -1.20. The summed E-state index contributed by atoms with van der Waals surface area (Å²) in [6.07, 6.45) is 10.7. The SMILES string of the molecule is C=CC(=O)[O-].C=CCC(C(=O)O)C(CCCCCCCCCCCC)(C(=O)O)S(=O)(=O)O.[Na+]. The van der Waals surface area contributed by atoms with E-state index in [9.17, 15) is 32.8 Å². The van der Waals surface area contributed by atoms with E-state index in [4.69, 9.17) is 9.90 Å². The van der Waals surface area contributed by atoms with E-state index in [1.54, 1.807) is 0 Å². The maximum atomic E-state index is 11.9. The molecule has 0 amide bonds. The van der Waals surface area contributed by atoms with E-state index < -0.39 is 45.1 Å². The number of carboxylic acid groups (broad SMARTS) is 3. The normalized spacial score (nSPS) is 13.3. The molecule has 33 heavy (non-hydrogen) atoms. The Balaban J connectivity index is -0.00000134. The second-order valence-corrected chi connectivity index (χ2v) is 9.22. The minimum Gasteiger partial charge on any atom is -0.545 e. The first-order chi connectivity index (χ1) is 14.9. The van der Waals surface area contributed by atoms with E-state index in [-0.39, 0.29) is 42.4 Å². The van der Waals surface area contributed by atoms with Gasteiger partial charge in [0.25, 0.3) is 10.1 Å². The van der Waals surface area contributed by atoms with Crippen molar-refractivity contribution in [3.05, 3.63) is 25.3 Å². The predicted octanol–water partition coefficient (Wildman–Crippen LogP) is 0.212. The summed E-state index contributed by atoms with van der Waals surface area (Å²) in [5.41, 5.74) is 0. The van der Waals surface area contributed by atoms with Crippen molar-refractivity contribution in [1.29, 1.82) is 0 Å². The van der Waals surface area contributed by atoms with Crippen molar-refractivity contribution in [1.82, 2.24) is 0 Å². The van der Waals surface area contributed by atoms with Gasteiger partial charge >= 0.3 is 41.5 Å². The molecule has 9 nitrogen and oxygen atoms in total. The van der Waals surface area contributed by atoms with E-state index in [1.807, 2.05) is 0 Å². The Bertz CT molecular complexity index is 707. The quantitative estimate of drug-likeness (QED) is 0.0783. The topological polar surface area (TPSA) is 169 Å². The third kappa shape index (κ3) is 14.6. The van der Waals surface area contributed by atoms with Crippen LogP contribution in [0.25, 0.3) is 0 Å². The van der Waals surface area contributed by atoms with E-state index in [2.05, 4.69) is 20.1 Å². The molecule has 0 aliphatic rings. The summed E-state index contributed by atoms with van der Waals surface area (Å²) in [7, 11) is -5.13. The van der Waals surface area contributed by atoms with Crippen LogP contribution in [0.2, 0.25) is 0 Å². The second kappa shape index (κ2) is 20.2. The molecule has 3 N–H and O–H groups in total. The maximum Gasteiger partial charge on any atom is 1.00 e. The first kappa shape index (κ1) is 36.4. The molecule has 0 aliphatic carbocycles. The van der Waals surface area contributed by atoms with Crippen molar-refractivity contribution in [3.63, 3.8) is 0 Å². The number of carbonyl (C=O) groups is 3. The van der Waals surface area contributed by atoms with Gasteiger partial charge in [-0.25, -0.2) is 0 Å². The van der Waals surface area contributed by atoms with Crippen LogP contribution >= 0.6 is 0 Å². The summed E-state index contributed by atoms with van der Waals surface area (Å²) in [5.74, 6) is -6.44. The van der Waals surface area contributed by atoms with Gasteiger partial charge in [0.1, 0.15) is 0 Å². The molecule has 0 aromatic heterocycles. The fourth-order valence-corrected chi connectivity index (χ4v) is 4.56. The summed E-state index contributed by atoms with van der Waals surface area (Å²) < 4.78 is 30.6. The Kier molecular flexibility index (Phi) is 22.3. The number of unbranched alkanes of at least 4 members (excludes halogenated alkanes) is 9. The minimum atomic E-state index is -5.13. The fraction of sp³-hybridized carbons (Fsp3) is 0.682. The van der Waals surface area contributed by atoms with Crippen LogP contribution in [0.15, 0.2) is 25.3 Å². The monoisotopic (exact) mass is 500 g/mol. The van der Waals surface area contributed by atoms with Crippen LogP contribution in [0.1, 0.15) is 84.0 Å². The van der Waals surface area contributed by atoms with Crippen molar-refractivity contribution < 1.29 is 72.2 Å². The fourth-order valence-electron chi connectivity index (χ4n) is 3.38. The second-order valence-electron chi connectivity index (χ2n) is 7.54. The van der Waals surface area contributed by atoms with Gasteiger partial charge in [-0.15, -0.1) is 6.58 Å². The first-order valence-corrected chi connectivity index (χ1v) is 12.2. The molecule has 0 aromatic carbocycles. The number of hydrogen-bond donors (Lipinski definition) is 3. The van der Waals surface area contributed by atoms with Crippen LogP contribution in [0, 0.1) is 5.92 Å². The number of aliphatic carboxylic acids is 3. The third-order valence-electron chi connectivity index (χ3n) is 5.15. The van der Waals surface area contributed by atoms with Crippen molar-refractivity contribution >= 4 is 28.0 Å². The van der Waals surface area contributed by atoms with Crippen LogP contribution in [0.3, 0.4) is 0 Å². The third-order valence-corrected chi connectivity index (χ3v) is 6.74. The molecule has 0 bridgehead atoms. The minimum absolute atomic E-state index is 0. The largest absolute Gasteiger partial charge is 1.00 e. The first-order valence-electron chi connectivity index (χ1n) is 10.8. The van der Waals surface area contributed by atoms with Crippen LogP contribution in [0.5, 0.6) is 0 Å². The van der Waals surface area contributed by atoms with Gasteiger partial charge in [-0.1, -0.05) is 83.8 Å². The molecule has 11 heteroatoms. The zero-order valence-electron chi connectivity index (χ0n) is 19.8. The molecule has 186 valence electrons. The summed E-state index contributed by atoms with van der Waals surface area (Å²) in [5, 5.41) is 28.0. The van der Waals surface area contributed by atoms with Gasteiger partial charge in [0.15, 0.2) is 0 Å². The summed E-state index contributed by atoms with van der Waals surface area (Å²) in [4.78, 5) is 32.4. The van der Waals surface area contributed by atoms with Crippen LogP contribution < -0.4 is 34.7 Å². The van der Waals surface area contributed by atoms with E-state index >= 15 is 0 Å². The average molecular weight is 501 g/mol. The number of carbonyl (C=O) groups excluding carboxylic acids is 1. The summed E-state index contributed by atoms with van der Waals surface area (Å²) in [6, 6.07) is 0. The average Bonchev–Trinajstić information content (AvgIpc) is 2.70. The number of hydrogen-bond acceptors (Lipinski definition) is 6. The molecule has 0 spiro atoms. The molecule has 0 rings (SSSR count). The Morgan fingerprint density at radius 2 is 1.33 bits per heavy atom. The van der Waals surface area contributed by atoms with Crippen molar-refractivity contribution in [3.8, 4) is 0 Å². The standard InChI is InChI=1S/C19H34O7S.C3H4O2.Na/c1-3-5-6-7-8-9-10-11-12-13-15-19(18(22)23,27(24,25)26)16(14-4-2)17(20)21;1-2-3(4)5;/h4,16H,2-3,5-15H2,1H3,(H,20,21)(H,22,23)(H,24,25,26);2H,1H2,(H,4,5);/q;;+1/p-1. The molecule has 2 unspecified atom stereocenters. The van der Waals surface area contributed by atoms with Gasteiger partial charge in [-0.3, -0.25) is 14.1 Å². The van der Waals surface area contributed by atoms with Crippen LogP contribution in [-0.4, -0.2) is 45.8 Å². The molecular weight excluding hydrogens is 463 g/mol. The van der Waals surface area contributed by atoms with Gasteiger partial charge in [0.2, 0.25) is 4.75 Å². The predicted molar refractivity (Wildman–Crippen MR) is 120 cm³/mol. The molecule has 0 heterocycles. The number of allylic oxidation sites excluding steroid dienone is 1. The van der Waals surface area contributed by atoms with Gasteiger partial charge in [-0.2, -0.15) is 8.42 Å². The van der Waals surface area contributed by atoms with E-state index in [1.165, 1.54) is 25.7 Å². The van der Waals surface area contributed by atoms with Crippen molar-refractivity contribution in [2.75, 3.05) is 0 Å². The molecule has 2 atom stereocenters. The molecule has 0 saturated heterocycles. The van der Waals surface area contributed by atoms with Crippen LogP contribution in [0.4, 0.5) is 0 Å². The van der Waals surface area contributed by atoms with Crippen LogP contribution in [-0.2, 0) is 24.5 Å². The van der Waals surface area contributed by atoms with Crippen molar-refractivity contribution in [2.45, 2.75) is 88.7 Å². The van der Waals surface area contributed by atoms with Gasteiger partial charge in [-0.05, 0) is 18.9 Å². The van der Waals surface area contributed by atoms with Gasteiger partial charge in [0, 0.05) is 0 Å². The molecule has 0 radical (unpaired) electrons. The Morgan fingerprint density at radius 1 is 0.939 bits per heavy atom. The molecular formula is C22H37NaO9S. The van der Waals surface area contributed by atoms with Gasteiger partial charge in [0.05, 0.1) is 11.9 Å². The van der Waals surface area contributed by atoms with E-state index in [0.717, 1.165) is 37.8 Å². The molecule has 0 fully saturated rings. The van der Waals surface area contributed by atoms with Crippen molar-refractivity contribution in [2.24, 2.45) is 5.92 Å². The zero-order valence-corrected chi connectivity index (χ0v) is 22.6. The summed E-state index contributed by atoms with van der Waals surface area (Å²) in [6.45, 7) is 8.42. The van der Waals surface area contributed by atoms with Gasteiger partial charge < -0.3 is 20.1 Å². The maximum absolute atomic E-state index is 11.9. The summed E-state index contributed by atoms with van der Waals surface area (Å²) >= 11 is 0. The molecule has 0 aromatic rings. The molecule has 0 saturated carbocycles. The smallest absolute Gasteiger partial charge is 0.545 e. The molecule has 0 aliphatic heterocycles. The number of carboxylic acids is 3. The number of rotatable bonds is 18. The zero-order chi connectivity index (χ0) is 25.2. The Morgan fingerprint density at radius 3 is 1.61 bits per heavy atom. The van der Waals surface area contributed by atoms with E-state index in [0.29, 0.717) is 6.42 Å².